The molecule has 7 heteroatoms. The van der Waals surface area contributed by atoms with E-state index in [2.05, 4.69) is 26.6 Å². The van der Waals surface area contributed by atoms with Gasteiger partial charge in [0.25, 0.3) is 5.69 Å². The second kappa shape index (κ2) is 6.16. The number of rotatable bonds is 3. The number of nitrogens with zero attached hydrogens (tertiary/aromatic N) is 1. The van der Waals surface area contributed by atoms with Gasteiger partial charge in [-0.3, -0.25) is 10.1 Å². The Bertz CT molecular complexity index is 661. The molecular weight excluding hydrogens is 326 g/mol. The Balaban J connectivity index is 2.11. The van der Waals surface area contributed by atoms with E-state index in [0.29, 0.717) is 5.69 Å². The molecule has 0 heterocycles. The van der Waals surface area contributed by atoms with E-state index in [0.717, 1.165) is 4.47 Å². The van der Waals surface area contributed by atoms with Crippen molar-refractivity contribution in [3.05, 3.63) is 63.1 Å². The van der Waals surface area contributed by atoms with E-state index < -0.39 is 11.0 Å². The highest BCUT2D eigenvalue weighted by Crippen LogP contribution is 2.23. The number of nitro benzene ring substituents is 1. The molecular formula is C13H10BrN3O3. The van der Waals surface area contributed by atoms with Gasteiger partial charge in [0.05, 0.1) is 4.92 Å². The van der Waals surface area contributed by atoms with Crippen LogP contribution in [-0.4, -0.2) is 11.0 Å². The van der Waals surface area contributed by atoms with Crippen molar-refractivity contribution in [2.45, 2.75) is 0 Å². The lowest BCUT2D eigenvalue weighted by atomic mass is 10.2. The fourth-order valence-corrected chi connectivity index (χ4v) is 1.99. The van der Waals surface area contributed by atoms with E-state index >= 15 is 0 Å². The average molecular weight is 336 g/mol. The number of urea groups is 1. The zero-order valence-electron chi connectivity index (χ0n) is 10.2. The van der Waals surface area contributed by atoms with Gasteiger partial charge in [-0.05, 0) is 24.3 Å². The summed E-state index contributed by atoms with van der Waals surface area (Å²) in [6.45, 7) is 0. The molecule has 0 saturated carbocycles. The van der Waals surface area contributed by atoms with Crippen molar-refractivity contribution in [3.8, 4) is 0 Å². The summed E-state index contributed by atoms with van der Waals surface area (Å²) in [5, 5.41) is 15.9. The minimum Gasteiger partial charge on any atom is -0.308 e. The Kier molecular flexibility index (Phi) is 4.31. The third kappa shape index (κ3) is 3.55. The van der Waals surface area contributed by atoms with E-state index in [1.54, 1.807) is 24.3 Å². The minimum atomic E-state index is -0.547. The van der Waals surface area contributed by atoms with Crippen molar-refractivity contribution in [1.29, 1.82) is 0 Å². The standard InChI is InChI=1S/C13H10BrN3O3/c14-9-4-3-5-10(8-9)15-13(18)16-11-6-1-2-7-12(11)17(19)20/h1-8H,(H2,15,16,18). The molecule has 0 aliphatic heterocycles. The van der Waals surface area contributed by atoms with Crippen molar-refractivity contribution >= 4 is 39.0 Å². The van der Waals surface area contributed by atoms with Gasteiger partial charge in [-0.1, -0.05) is 34.1 Å². The van der Waals surface area contributed by atoms with Crippen LogP contribution in [0.1, 0.15) is 0 Å². The van der Waals surface area contributed by atoms with Gasteiger partial charge in [-0.15, -0.1) is 0 Å². The lowest BCUT2D eigenvalue weighted by Gasteiger charge is -2.08. The maximum absolute atomic E-state index is 11.8. The topological polar surface area (TPSA) is 84.3 Å². The number of halogens is 1. The van der Waals surface area contributed by atoms with E-state index in [1.807, 2.05) is 6.07 Å². The molecule has 2 aromatic rings. The number of para-hydroxylation sites is 2. The Hall–Kier alpha value is -2.41. The molecule has 0 atom stereocenters. The van der Waals surface area contributed by atoms with E-state index in [1.165, 1.54) is 18.2 Å². The van der Waals surface area contributed by atoms with Gasteiger partial charge in [0.2, 0.25) is 0 Å². The summed E-state index contributed by atoms with van der Waals surface area (Å²) in [5.41, 5.74) is 0.567. The van der Waals surface area contributed by atoms with E-state index in [9.17, 15) is 14.9 Å². The van der Waals surface area contributed by atoms with Crippen LogP contribution in [-0.2, 0) is 0 Å². The van der Waals surface area contributed by atoms with Crippen LogP contribution in [0.5, 0.6) is 0 Å². The molecule has 0 aliphatic rings. The molecule has 2 rings (SSSR count). The molecule has 6 nitrogen and oxygen atoms in total. The summed E-state index contributed by atoms with van der Waals surface area (Å²) < 4.78 is 0.820. The fourth-order valence-electron chi connectivity index (χ4n) is 1.59. The highest BCUT2D eigenvalue weighted by Gasteiger charge is 2.14. The predicted octanol–water partition coefficient (Wildman–Crippen LogP) is 4.00. The summed E-state index contributed by atoms with van der Waals surface area (Å²) >= 11 is 3.29. The molecule has 0 bridgehead atoms. The number of nitro groups is 1. The first-order valence-corrected chi connectivity index (χ1v) is 6.42. The Labute approximate surface area is 123 Å². The van der Waals surface area contributed by atoms with Gasteiger partial charge in [-0.2, -0.15) is 0 Å². The number of hydrogen-bond acceptors (Lipinski definition) is 3. The van der Waals surface area contributed by atoms with Gasteiger partial charge in [0.1, 0.15) is 5.69 Å². The SMILES string of the molecule is O=C(Nc1cccc(Br)c1)Nc1ccccc1[N+](=O)[O-]. The summed E-state index contributed by atoms with van der Waals surface area (Å²) in [6.07, 6.45) is 0. The molecule has 0 aliphatic carbocycles. The van der Waals surface area contributed by atoms with Crippen LogP contribution in [0.2, 0.25) is 0 Å². The monoisotopic (exact) mass is 335 g/mol. The number of hydrogen-bond donors (Lipinski definition) is 2. The van der Waals surface area contributed by atoms with Crippen LogP contribution in [0.4, 0.5) is 21.9 Å². The molecule has 2 aromatic carbocycles. The lowest BCUT2D eigenvalue weighted by molar-refractivity contribution is -0.383. The molecule has 0 spiro atoms. The van der Waals surface area contributed by atoms with Crippen LogP contribution < -0.4 is 10.6 Å². The maximum atomic E-state index is 11.8. The highest BCUT2D eigenvalue weighted by molar-refractivity contribution is 9.10. The first-order valence-electron chi connectivity index (χ1n) is 5.63. The van der Waals surface area contributed by atoms with Gasteiger partial charge < -0.3 is 10.6 Å². The normalized spacial score (nSPS) is 9.85. The fraction of sp³-hybridized carbons (Fsp3) is 0. The van der Waals surface area contributed by atoms with Crippen LogP contribution in [0.3, 0.4) is 0 Å². The molecule has 20 heavy (non-hydrogen) atoms. The van der Waals surface area contributed by atoms with Crippen LogP contribution in [0.15, 0.2) is 53.0 Å². The van der Waals surface area contributed by atoms with Crippen molar-refractivity contribution in [3.63, 3.8) is 0 Å². The molecule has 0 unspecified atom stereocenters. The predicted molar refractivity (Wildman–Crippen MR) is 79.9 cm³/mol. The number of nitrogens with one attached hydrogen (secondary N) is 2. The molecule has 0 aromatic heterocycles. The molecule has 0 radical (unpaired) electrons. The zero-order valence-corrected chi connectivity index (χ0v) is 11.8. The molecule has 2 amide bonds. The number of amides is 2. The Morgan fingerprint density at radius 2 is 1.85 bits per heavy atom. The Morgan fingerprint density at radius 1 is 1.10 bits per heavy atom. The third-order valence-corrected chi connectivity index (χ3v) is 2.92. The van der Waals surface area contributed by atoms with Crippen LogP contribution in [0, 0.1) is 10.1 Å². The van der Waals surface area contributed by atoms with E-state index in [-0.39, 0.29) is 11.4 Å². The number of anilines is 2. The van der Waals surface area contributed by atoms with Crippen molar-refractivity contribution in [2.75, 3.05) is 10.6 Å². The van der Waals surface area contributed by atoms with Gasteiger partial charge in [-0.25, -0.2) is 4.79 Å². The summed E-state index contributed by atoms with van der Waals surface area (Å²) in [6, 6.07) is 12.4. The average Bonchev–Trinajstić information content (AvgIpc) is 2.38. The summed E-state index contributed by atoms with van der Waals surface area (Å²) in [7, 11) is 0. The number of carbonyl (C=O) groups is 1. The molecule has 0 saturated heterocycles. The largest absolute Gasteiger partial charge is 0.323 e. The van der Waals surface area contributed by atoms with Crippen molar-refractivity contribution in [2.24, 2.45) is 0 Å². The second-order valence-corrected chi connectivity index (χ2v) is 4.78. The lowest BCUT2D eigenvalue weighted by Crippen LogP contribution is -2.20. The second-order valence-electron chi connectivity index (χ2n) is 3.86. The number of carbonyl (C=O) groups excluding carboxylic acids is 1. The van der Waals surface area contributed by atoms with Gasteiger partial charge >= 0.3 is 6.03 Å². The zero-order chi connectivity index (χ0) is 14.5. The van der Waals surface area contributed by atoms with Gasteiger partial charge in [0, 0.05) is 16.2 Å². The third-order valence-electron chi connectivity index (χ3n) is 2.43. The molecule has 2 N–H and O–H groups in total. The van der Waals surface area contributed by atoms with Crippen molar-refractivity contribution < 1.29 is 9.72 Å². The molecule has 0 fully saturated rings. The quantitative estimate of drug-likeness (QED) is 0.656. The van der Waals surface area contributed by atoms with Crippen LogP contribution >= 0.6 is 15.9 Å². The first-order chi connectivity index (χ1) is 9.56. The first kappa shape index (κ1) is 14.0. The molecule has 102 valence electrons. The smallest absolute Gasteiger partial charge is 0.308 e. The Morgan fingerprint density at radius 3 is 2.55 bits per heavy atom. The van der Waals surface area contributed by atoms with Gasteiger partial charge in [0.15, 0.2) is 0 Å². The van der Waals surface area contributed by atoms with Crippen molar-refractivity contribution in [1.82, 2.24) is 0 Å². The summed E-state index contributed by atoms with van der Waals surface area (Å²) in [4.78, 5) is 22.1. The number of benzene rings is 2. The van der Waals surface area contributed by atoms with Crippen LogP contribution in [0.25, 0.3) is 0 Å². The summed E-state index contributed by atoms with van der Waals surface area (Å²) in [5.74, 6) is 0. The maximum Gasteiger partial charge on any atom is 0.323 e. The van der Waals surface area contributed by atoms with E-state index in [4.69, 9.17) is 0 Å². The minimum absolute atomic E-state index is 0.144. The highest BCUT2D eigenvalue weighted by atomic mass is 79.9.